The van der Waals surface area contributed by atoms with Crippen molar-refractivity contribution in [2.45, 2.75) is 61.9 Å². The van der Waals surface area contributed by atoms with E-state index in [1.807, 2.05) is 79.8 Å². The highest BCUT2D eigenvalue weighted by Crippen LogP contribution is 2.22. The van der Waals surface area contributed by atoms with Crippen LogP contribution in [0.25, 0.3) is 10.8 Å². The van der Waals surface area contributed by atoms with E-state index in [-0.39, 0.29) is 5.56 Å². The Kier molecular flexibility index (Phi) is 15.8. The first-order chi connectivity index (χ1) is 13.1. The van der Waals surface area contributed by atoms with Crippen LogP contribution in [0.5, 0.6) is 0 Å². The lowest BCUT2D eigenvalue weighted by Gasteiger charge is -2.13. The summed E-state index contributed by atoms with van der Waals surface area (Å²) in [5.74, 6) is 1.37. The van der Waals surface area contributed by atoms with Crippen molar-refractivity contribution in [1.29, 1.82) is 0 Å². The Morgan fingerprint density at radius 1 is 1.22 bits per heavy atom. The van der Waals surface area contributed by atoms with Gasteiger partial charge < -0.3 is 20.3 Å². The van der Waals surface area contributed by atoms with Crippen LogP contribution < -0.4 is 16.2 Å². The van der Waals surface area contributed by atoms with Crippen molar-refractivity contribution in [2.75, 3.05) is 24.3 Å². The van der Waals surface area contributed by atoms with Gasteiger partial charge in [-0.1, -0.05) is 33.8 Å². The number of aryl methyl sites for hydroxylation is 1. The molecule has 0 saturated carbocycles. The molecule has 0 saturated heterocycles. The molecule has 2 heterocycles. The predicted octanol–water partition coefficient (Wildman–Crippen LogP) is 4.84. The van der Waals surface area contributed by atoms with Gasteiger partial charge in [-0.2, -0.15) is 0 Å². The predicted molar refractivity (Wildman–Crippen MR) is 120 cm³/mol. The smallest absolute Gasteiger partial charge is 0.262 e. The number of allylic oxidation sites excluding steroid dienone is 2. The van der Waals surface area contributed by atoms with Gasteiger partial charge in [0.1, 0.15) is 11.6 Å². The van der Waals surface area contributed by atoms with E-state index in [0.717, 1.165) is 24.0 Å². The monoisotopic (exact) mass is 378 g/mol. The van der Waals surface area contributed by atoms with E-state index in [1.54, 1.807) is 4.57 Å². The van der Waals surface area contributed by atoms with Crippen molar-refractivity contribution >= 4 is 22.4 Å². The molecule has 0 fully saturated rings. The molecule has 0 aliphatic heterocycles. The Morgan fingerprint density at radius 2 is 1.81 bits per heavy atom. The van der Waals surface area contributed by atoms with Crippen molar-refractivity contribution in [3.05, 3.63) is 40.5 Å². The van der Waals surface area contributed by atoms with Gasteiger partial charge in [-0.25, -0.2) is 4.98 Å². The molecule has 2 rings (SSSR count). The van der Waals surface area contributed by atoms with Gasteiger partial charge in [0.2, 0.25) is 0 Å². The van der Waals surface area contributed by atoms with E-state index < -0.39 is 0 Å². The van der Waals surface area contributed by atoms with Gasteiger partial charge in [0.25, 0.3) is 5.56 Å². The second-order valence-electron chi connectivity index (χ2n) is 4.85. The minimum atomic E-state index is -0.00671. The van der Waals surface area contributed by atoms with Gasteiger partial charge in [-0.15, -0.1) is 0 Å². The molecule has 3 N–H and O–H groups in total. The second-order valence-corrected chi connectivity index (χ2v) is 4.85. The summed E-state index contributed by atoms with van der Waals surface area (Å²) in [7, 11) is 1.00. The van der Waals surface area contributed by atoms with Crippen LogP contribution in [-0.2, 0) is 6.54 Å². The van der Waals surface area contributed by atoms with E-state index in [0.29, 0.717) is 24.3 Å². The number of hydrogen-bond acceptors (Lipinski definition) is 5. The molecule has 154 valence electrons. The lowest BCUT2D eigenvalue weighted by atomic mass is 10.2. The highest BCUT2D eigenvalue weighted by molar-refractivity contribution is 5.93. The largest absolute Gasteiger partial charge is 0.400 e. The number of rotatable bonds is 5. The van der Waals surface area contributed by atoms with Crippen LogP contribution in [0.2, 0.25) is 0 Å². The van der Waals surface area contributed by atoms with Gasteiger partial charge >= 0.3 is 0 Å². The number of fused-ring (bicyclic) bond motifs is 1. The molecule has 0 radical (unpaired) electrons. The number of aromatic nitrogens is 2. The normalized spacial score (nSPS) is 9.78. The highest BCUT2D eigenvalue weighted by atomic mass is 16.2. The summed E-state index contributed by atoms with van der Waals surface area (Å²) in [6, 6.07) is 3.86. The molecule has 0 bridgehead atoms. The molecule has 6 nitrogen and oxygen atoms in total. The van der Waals surface area contributed by atoms with E-state index in [1.165, 1.54) is 0 Å². The standard InChI is InChI=1S/C16H22N4O.2C2H6.CH4O/c1-5-11(4)18-13-10-12-8-9-20(7-3)16(21)14(12)15(19-13)17-6-2;3*1-2/h5,8-10H,6-7H2,1-4H3,(H2,17,18,19);2*1-2H3;2H,1H3/b11-5+;;;. The Labute approximate surface area is 164 Å². The minimum Gasteiger partial charge on any atom is -0.400 e. The molecule has 0 spiro atoms. The van der Waals surface area contributed by atoms with Crippen molar-refractivity contribution in [3.8, 4) is 0 Å². The fourth-order valence-corrected chi connectivity index (χ4v) is 2.19. The first kappa shape index (κ1) is 26.9. The highest BCUT2D eigenvalue weighted by Gasteiger charge is 2.11. The van der Waals surface area contributed by atoms with Gasteiger partial charge in [-0.05, 0) is 45.2 Å². The van der Waals surface area contributed by atoms with Gasteiger partial charge in [-0.3, -0.25) is 4.79 Å². The molecule has 2 aromatic rings. The number of pyridine rings is 2. The van der Waals surface area contributed by atoms with Crippen LogP contribution in [0.3, 0.4) is 0 Å². The summed E-state index contributed by atoms with van der Waals surface area (Å²) < 4.78 is 1.69. The molecular formula is C21H38N4O2. The lowest BCUT2D eigenvalue weighted by molar-refractivity contribution is 0.399. The number of hydrogen-bond donors (Lipinski definition) is 3. The van der Waals surface area contributed by atoms with Crippen molar-refractivity contribution in [1.82, 2.24) is 9.55 Å². The second kappa shape index (κ2) is 15.9. The maximum atomic E-state index is 12.5. The Morgan fingerprint density at radius 3 is 2.30 bits per heavy atom. The third-order valence-corrected chi connectivity index (χ3v) is 3.40. The summed E-state index contributed by atoms with van der Waals surface area (Å²) in [6.07, 6.45) is 3.81. The fraction of sp³-hybridized carbons (Fsp3) is 0.524. The van der Waals surface area contributed by atoms with Crippen molar-refractivity contribution < 1.29 is 5.11 Å². The molecule has 2 aromatic heterocycles. The number of aliphatic hydroxyl groups excluding tert-OH is 1. The zero-order chi connectivity index (χ0) is 21.4. The Hall–Kier alpha value is -2.34. The minimum absolute atomic E-state index is 0.00671. The summed E-state index contributed by atoms with van der Waals surface area (Å²) in [4.78, 5) is 17.0. The molecule has 6 heteroatoms. The number of nitrogens with one attached hydrogen (secondary N) is 2. The van der Waals surface area contributed by atoms with Crippen molar-refractivity contribution in [2.24, 2.45) is 0 Å². The molecule has 0 aromatic carbocycles. The van der Waals surface area contributed by atoms with Crippen LogP contribution >= 0.6 is 0 Å². The molecule has 0 unspecified atom stereocenters. The number of anilines is 2. The zero-order valence-corrected chi connectivity index (χ0v) is 18.5. The van der Waals surface area contributed by atoms with E-state index in [4.69, 9.17) is 5.11 Å². The quantitative estimate of drug-likeness (QED) is 0.693. The fourth-order valence-electron chi connectivity index (χ4n) is 2.19. The van der Waals surface area contributed by atoms with E-state index in [2.05, 4.69) is 15.6 Å². The van der Waals surface area contributed by atoms with Crippen LogP contribution in [-0.4, -0.2) is 28.3 Å². The van der Waals surface area contributed by atoms with Gasteiger partial charge in [0.05, 0.1) is 5.39 Å². The summed E-state index contributed by atoms with van der Waals surface area (Å²) in [5.41, 5.74) is 1.01. The molecule has 0 atom stereocenters. The number of aliphatic hydroxyl groups is 1. The first-order valence-electron chi connectivity index (χ1n) is 9.73. The third-order valence-electron chi connectivity index (χ3n) is 3.40. The number of nitrogens with zero attached hydrogens (tertiary/aromatic N) is 2. The topological polar surface area (TPSA) is 79.2 Å². The molecule has 0 aliphatic rings. The summed E-state index contributed by atoms with van der Waals surface area (Å²) in [5, 5.41) is 15.0. The van der Waals surface area contributed by atoms with Gasteiger partial charge in [0.15, 0.2) is 0 Å². The van der Waals surface area contributed by atoms with Crippen molar-refractivity contribution in [3.63, 3.8) is 0 Å². The maximum Gasteiger partial charge on any atom is 0.262 e. The Bertz CT molecular complexity index is 737. The summed E-state index contributed by atoms with van der Waals surface area (Å²) >= 11 is 0. The summed E-state index contributed by atoms with van der Waals surface area (Å²) in [6.45, 7) is 17.3. The third kappa shape index (κ3) is 7.83. The van der Waals surface area contributed by atoms with Crippen LogP contribution in [0.4, 0.5) is 11.6 Å². The Balaban J connectivity index is 0. The van der Waals surface area contributed by atoms with Crippen LogP contribution in [0.15, 0.2) is 34.9 Å². The molecular weight excluding hydrogens is 340 g/mol. The maximum absolute atomic E-state index is 12.5. The van der Waals surface area contributed by atoms with Crippen LogP contribution in [0, 0.1) is 0 Å². The zero-order valence-electron chi connectivity index (χ0n) is 18.5. The van der Waals surface area contributed by atoms with Crippen LogP contribution in [0.1, 0.15) is 55.4 Å². The average molecular weight is 379 g/mol. The molecule has 0 aliphatic carbocycles. The average Bonchev–Trinajstić information content (AvgIpc) is 2.72. The van der Waals surface area contributed by atoms with E-state index in [9.17, 15) is 4.79 Å². The SMILES string of the molecule is C/C=C(\C)Nc1cc2ccn(CC)c(=O)c2c(NCC)n1.CC.CC.CO. The lowest BCUT2D eigenvalue weighted by Crippen LogP contribution is -2.20. The molecule has 27 heavy (non-hydrogen) atoms. The van der Waals surface area contributed by atoms with E-state index >= 15 is 0 Å². The first-order valence-corrected chi connectivity index (χ1v) is 9.73. The molecule has 0 amide bonds. The van der Waals surface area contributed by atoms with Gasteiger partial charge in [0, 0.05) is 32.1 Å².